The molecule has 0 aromatic carbocycles. The van der Waals surface area contributed by atoms with Gasteiger partial charge in [0, 0.05) is 6.07 Å². The summed E-state index contributed by atoms with van der Waals surface area (Å²) in [5.41, 5.74) is -0.124. The molecule has 0 fully saturated rings. The number of aromatic nitrogens is 1. The fourth-order valence-electron chi connectivity index (χ4n) is 1.63. The number of pyridine rings is 1. The Labute approximate surface area is 125 Å². The Morgan fingerprint density at radius 1 is 1.60 bits per heavy atom. The van der Waals surface area contributed by atoms with E-state index in [4.69, 9.17) is 4.74 Å². The molecule has 1 heterocycles. The number of nitrogens with zero attached hydrogens (tertiary/aromatic N) is 2. The monoisotopic (exact) mass is 345 g/mol. The van der Waals surface area contributed by atoms with Gasteiger partial charge in [0.1, 0.15) is 18.1 Å². The Morgan fingerprint density at radius 3 is 2.70 bits per heavy atom. The Balaban J connectivity index is 2.93. The molecule has 1 rings (SSSR count). The highest BCUT2D eigenvalue weighted by Gasteiger charge is 2.22. The molecular formula is C12H16BrN3O4. The molecule has 1 unspecified atom stereocenters. The number of rotatable bonds is 6. The molecule has 1 atom stereocenters. The van der Waals surface area contributed by atoms with E-state index in [1.54, 1.807) is 0 Å². The molecule has 0 radical (unpaired) electrons. The summed E-state index contributed by atoms with van der Waals surface area (Å²) in [4.78, 5) is 25.8. The van der Waals surface area contributed by atoms with Crippen molar-refractivity contribution >= 4 is 33.4 Å². The van der Waals surface area contributed by atoms with Gasteiger partial charge in [-0.3, -0.25) is 10.1 Å². The standard InChI is InChI=1S/C12H16BrN3O4/c1-7(2)4-10(12(17)20-3)15-11-9(13)5-8(6-14-11)16(18)19/h5-7,10H,4H2,1-3H3,(H,14,15). The van der Waals surface area contributed by atoms with E-state index < -0.39 is 16.9 Å². The summed E-state index contributed by atoms with van der Waals surface area (Å²) in [5.74, 6) is 0.251. The van der Waals surface area contributed by atoms with Gasteiger partial charge in [0.2, 0.25) is 0 Å². The molecule has 20 heavy (non-hydrogen) atoms. The second kappa shape index (κ2) is 7.18. The summed E-state index contributed by atoms with van der Waals surface area (Å²) >= 11 is 3.20. The predicted octanol–water partition coefficient (Wildman–Crippen LogP) is 2.75. The smallest absolute Gasteiger partial charge is 0.328 e. The van der Waals surface area contributed by atoms with Crippen molar-refractivity contribution < 1.29 is 14.5 Å². The van der Waals surface area contributed by atoms with E-state index >= 15 is 0 Å². The fourth-order valence-corrected chi connectivity index (χ4v) is 2.08. The number of carbonyl (C=O) groups excluding carboxylic acids is 1. The van der Waals surface area contributed by atoms with Crippen molar-refractivity contribution in [1.82, 2.24) is 4.98 Å². The zero-order valence-electron chi connectivity index (χ0n) is 11.4. The molecule has 1 aromatic rings. The first-order valence-electron chi connectivity index (χ1n) is 5.99. The molecule has 0 saturated carbocycles. The van der Waals surface area contributed by atoms with Crippen LogP contribution in [0, 0.1) is 16.0 Å². The van der Waals surface area contributed by atoms with Crippen molar-refractivity contribution in [2.75, 3.05) is 12.4 Å². The molecule has 0 spiro atoms. The Bertz CT molecular complexity index is 507. The third-order valence-electron chi connectivity index (χ3n) is 2.54. The molecule has 8 heteroatoms. The van der Waals surface area contributed by atoms with E-state index in [0.717, 1.165) is 6.20 Å². The van der Waals surface area contributed by atoms with Gasteiger partial charge in [-0.1, -0.05) is 13.8 Å². The van der Waals surface area contributed by atoms with Crippen LogP contribution in [-0.4, -0.2) is 29.0 Å². The van der Waals surface area contributed by atoms with Crippen molar-refractivity contribution in [3.05, 3.63) is 26.9 Å². The molecular weight excluding hydrogens is 330 g/mol. The lowest BCUT2D eigenvalue weighted by Crippen LogP contribution is -2.32. The first-order chi connectivity index (χ1) is 9.35. The molecule has 0 aliphatic carbocycles. The number of esters is 1. The lowest BCUT2D eigenvalue weighted by atomic mass is 10.0. The minimum Gasteiger partial charge on any atom is -0.467 e. The number of anilines is 1. The molecule has 1 aromatic heterocycles. The molecule has 7 nitrogen and oxygen atoms in total. The average molecular weight is 346 g/mol. The summed E-state index contributed by atoms with van der Waals surface area (Å²) in [7, 11) is 1.32. The van der Waals surface area contributed by atoms with Crippen LogP contribution < -0.4 is 5.32 Å². The Morgan fingerprint density at radius 2 is 2.25 bits per heavy atom. The van der Waals surface area contributed by atoms with Gasteiger partial charge in [0.15, 0.2) is 0 Å². The summed E-state index contributed by atoms with van der Waals surface area (Å²) in [6.07, 6.45) is 1.70. The van der Waals surface area contributed by atoms with Crippen LogP contribution in [0.15, 0.2) is 16.7 Å². The maximum Gasteiger partial charge on any atom is 0.328 e. The van der Waals surface area contributed by atoms with Gasteiger partial charge in [0.25, 0.3) is 5.69 Å². The molecule has 1 N–H and O–H groups in total. The van der Waals surface area contributed by atoms with E-state index in [1.807, 2.05) is 13.8 Å². The van der Waals surface area contributed by atoms with Crippen LogP contribution >= 0.6 is 15.9 Å². The number of nitro groups is 1. The number of hydrogen-bond acceptors (Lipinski definition) is 6. The third kappa shape index (κ3) is 4.44. The second-order valence-electron chi connectivity index (χ2n) is 4.63. The van der Waals surface area contributed by atoms with Gasteiger partial charge >= 0.3 is 5.97 Å². The quantitative estimate of drug-likeness (QED) is 0.484. The summed E-state index contributed by atoms with van der Waals surface area (Å²) < 4.78 is 5.16. The highest BCUT2D eigenvalue weighted by atomic mass is 79.9. The highest BCUT2D eigenvalue weighted by molar-refractivity contribution is 9.10. The van der Waals surface area contributed by atoms with Crippen LogP contribution in [0.4, 0.5) is 11.5 Å². The van der Waals surface area contributed by atoms with Crippen molar-refractivity contribution in [3.8, 4) is 0 Å². The van der Waals surface area contributed by atoms with Crippen LogP contribution in [0.1, 0.15) is 20.3 Å². The van der Waals surface area contributed by atoms with Crippen LogP contribution in [-0.2, 0) is 9.53 Å². The SMILES string of the molecule is COC(=O)C(CC(C)C)Nc1ncc([N+](=O)[O-])cc1Br. The average Bonchev–Trinajstić information content (AvgIpc) is 2.38. The summed E-state index contributed by atoms with van der Waals surface area (Å²) in [6.45, 7) is 3.96. The molecule has 110 valence electrons. The number of methoxy groups -OCH3 is 1. The van der Waals surface area contributed by atoms with Gasteiger partial charge in [-0.2, -0.15) is 0 Å². The number of nitrogens with one attached hydrogen (secondary N) is 1. The molecule has 0 aliphatic heterocycles. The van der Waals surface area contributed by atoms with Crippen molar-refractivity contribution in [2.24, 2.45) is 5.92 Å². The third-order valence-corrected chi connectivity index (χ3v) is 3.15. The van der Waals surface area contributed by atoms with Gasteiger partial charge < -0.3 is 10.1 Å². The molecule has 0 aliphatic rings. The minimum absolute atomic E-state index is 0.124. The maximum absolute atomic E-state index is 11.7. The zero-order chi connectivity index (χ0) is 15.3. The Hall–Kier alpha value is -1.70. The summed E-state index contributed by atoms with van der Waals surface area (Å²) in [5, 5.41) is 13.6. The van der Waals surface area contributed by atoms with Crippen molar-refractivity contribution in [1.29, 1.82) is 0 Å². The first-order valence-corrected chi connectivity index (χ1v) is 6.78. The molecule has 0 bridgehead atoms. The van der Waals surface area contributed by atoms with E-state index in [1.165, 1.54) is 13.2 Å². The van der Waals surface area contributed by atoms with Gasteiger partial charge in [-0.15, -0.1) is 0 Å². The Kier molecular flexibility index (Phi) is 5.87. The van der Waals surface area contributed by atoms with Crippen LogP contribution in [0.5, 0.6) is 0 Å². The number of hydrogen-bond donors (Lipinski definition) is 1. The first kappa shape index (κ1) is 16.4. The van der Waals surface area contributed by atoms with Gasteiger partial charge in [0.05, 0.1) is 16.5 Å². The normalized spacial score (nSPS) is 12.1. The minimum atomic E-state index is -0.551. The van der Waals surface area contributed by atoms with Crippen LogP contribution in [0.2, 0.25) is 0 Å². The maximum atomic E-state index is 11.7. The van der Waals surface area contributed by atoms with Crippen LogP contribution in [0.25, 0.3) is 0 Å². The van der Waals surface area contributed by atoms with E-state index in [0.29, 0.717) is 16.7 Å². The topological polar surface area (TPSA) is 94.4 Å². The molecule has 0 amide bonds. The largest absolute Gasteiger partial charge is 0.467 e. The number of halogens is 1. The number of carbonyl (C=O) groups is 1. The van der Waals surface area contributed by atoms with Crippen molar-refractivity contribution in [3.63, 3.8) is 0 Å². The predicted molar refractivity (Wildman–Crippen MR) is 77.5 cm³/mol. The zero-order valence-corrected chi connectivity index (χ0v) is 13.0. The van der Waals surface area contributed by atoms with E-state index in [9.17, 15) is 14.9 Å². The lowest BCUT2D eigenvalue weighted by molar-refractivity contribution is -0.385. The van der Waals surface area contributed by atoms with E-state index in [2.05, 4.69) is 26.2 Å². The second-order valence-corrected chi connectivity index (χ2v) is 5.49. The lowest BCUT2D eigenvalue weighted by Gasteiger charge is -2.19. The fraction of sp³-hybridized carbons (Fsp3) is 0.500. The van der Waals surface area contributed by atoms with Crippen molar-refractivity contribution in [2.45, 2.75) is 26.3 Å². The van der Waals surface area contributed by atoms with E-state index in [-0.39, 0.29) is 11.6 Å². The summed E-state index contributed by atoms with van der Waals surface area (Å²) in [6, 6.07) is 0.782. The van der Waals surface area contributed by atoms with Gasteiger partial charge in [-0.05, 0) is 28.3 Å². The highest BCUT2D eigenvalue weighted by Crippen LogP contribution is 2.25. The molecule has 0 saturated heterocycles. The van der Waals surface area contributed by atoms with Gasteiger partial charge in [-0.25, -0.2) is 9.78 Å². The van der Waals surface area contributed by atoms with Crippen LogP contribution in [0.3, 0.4) is 0 Å². The number of ether oxygens (including phenoxy) is 1.